The number of rotatable bonds is 4. The highest BCUT2D eigenvalue weighted by molar-refractivity contribution is 7.18. The van der Waals surface area contributed by atoms with Gasteiger partial charge in [0.05, 0.1) is 11.7 Å². The summed E-state index contributed by atoms with van der Waals surface area (Å²) >= 11 is 1.62. The van der Waals surface area contributed by atoms with Crippen molar-refractivity contribution in [2.75, 3.05) is 6.54 Å². The Hall–Kier alpha value is -2.22. The lowest BCUT2D eigenvalue weighted by molar-refractivity contribution is -0.137. The molecule has 2 aliphatic rings. The smallest absolute Gasteiger partial charge is 0.262 e. The fraction of sp³-hybridized carbons (Fsp3) is 0.556. The number of hydrogen-bond acceptors (Lipinski definition) is 5. The molecular formula is C18H22N4O3S. The van der Waals surface area contributed by atoms with Crippen molar-refractivity contribution in [2.24, 2.45) is 5.73 Å². The molecule has 7 nitrogen and oxygen atoms in total. The molecule has 138 valence electrons. The number of carbonyl (C=O) groups excluding carboxylic acids is 2. The van der Waals surface area contributed by atoms with Crippen LogP contribution in [0, 0.1) is 0 Å². The first kappa shape index (κ1) is 17.2. The van der Waals surface area contributed by atoms with Crippen molar-refractivity contribution < 1.29 is 9.59 Å². The van der Waals surface area contributed by atoms with Gasteiger partial charge in [0.25, 0.3) is 5.56 Å². The predicted molar refractivity (Wildman–Crippen MR) is 99.1 cm³/mol. The van der Waals surface area contributed by atoms with Gasteiger partial charge in [0.2, 0.25) is 11.8 Å². The van der Waals surface area contributed by atoms with Gasteiger partial charge < -0.3 is 10.6 Å². The fourth-order valence-electron chi connectivity index (χ4n) is 4.06. The van der Waals surface area contributed by atoms with E-state index in [0.717, 1.165) is 41.5 Å². The van der Waals surface area contributed by atoms with E-state index in [1.165, 1.54) is 22.2 Å². The second-order valence-corrected chi connectivity index (χ2v) is 8.12. The largest absolute Gasteiger partial charge is 0.368 e. The molecule has 1 aliphatic carbocycles. The minimum Gasteiger partial charge on any atom is -0.368 e. The lowest BCUT2D eigenvalue weighted by Crippen LogP contribution is -2.44. The van der Waals surface area contributed by atoms with Gasteiger partial charge >= 0.3 is 0 Å². The molecule has 0 aromatic carbocycles. The van der Waals surface area contributed by atoms with Crippen LogP contribution in [-0.4, -0.2) is 38.9 Å². The molecule has 3 heterocycles. The molecular weight excluding hydrogens is 352 g/mol. The highest BCUT2D eigenvalue weighted by Gasteiger charge is 2.32. The van der Waals surface area contributed by atoms with Crippen LogP contribution >= 0.6 is 11.3 Å². The van der Waals surface area contributed by atoms with Crippen molar-refractivity contribution in [3.8, 4) is 0 Å². The molecule has 0 radical (unpaired) electrons. The van der Waals surface area contributed by atoms with Crippen molar-refractivity contribution >= 4 is 33.4 Å². The SMILES string of the molecule is NC(=O)[C@@H]1CCCN1C(=O)CCn1cnc2sc3c(c2c1=O)CCCC3. The molecule has 26 heavy (non-hydrogen) atoms. The Morgan fingerprint density at radius 1 is 1.27 bits per heavy atom. The standard InChI is InChI=1S/C18H22N4O3S/c19-16(24)12-5-3-8-22(12)14(23)7-9-21-10-20-17-15(18(21)25)11-4-1-2-6-13(11)26-17/h10,12H,1-9H2,(H2,19,24)/t12-/m0/s1. The van der Waals surface area contributed by atoms with Gasteiger partial charge in [-0.15, -0.1) is 11.3 Å². The van der Waals surface area contributed by atoms with E-state index in [1.807, 2.05) is 0 Å². The predicted octanol–water partition coefficient (Wildman–Crippen LogP) is 1.20. The minimum absolute atomic E-state index is 0.0601. The van der Waals surface area contributed by atoms with E-state index in [9.17, 15) is 14.4 Å². The van der Waals surface area contributed by atoms with E-state index in [1.54, 1.807) is 16.2 Å². The van der Waals surface area contributed by atoms with Crippen LogP contribution in [0.25, 0.3) is 10.2 Å². The van der Waals surface area contributed by atoms with Crippen molar-refractivity contribution in [3.63, 3.8) is 0 Å². The van der Waals surface area contributed by atoms with Gasteiger partial charge in [0, 0.05) is 24.4 Å². The number of nitrogens with two attached hydrogens (primary N) is 1. The Balaban J connectivity index is 1.54. The van der Waals surface area contributed by atoms with Gasteiger partial charge in [-0.05, 0) is 44.1 Å². The summed E-state index contributed by atoms with van der Waals surface area (Å²) in [5.41, 5.74) is 6.47. The lowest BCUT2D eigenvalue weighted by Gasteiger charge is -2.22. The third-order valence-corrected chi connectivity index (χ3v) is 6.61. The minimum atomic E-state index is -0.510. The summed E-state index contributed by atoms with van der Waals surface area (Å²) in [6.45, 7) is 0.823. The zero-order chi connectivity index (χ0) is 18.3. The number of aromatic nitrogens is 2. The molecule has 2 N–H and O–H groups in total. The van der Waals surface area contributed by atoms with Crippen LogP contribution in [0.3, 0.4) is 0 Å². The Morgan fingerprint density at radius 2 is 2.08 bits per heavy atom. The van der Waals surface area contributed by atoms with Crippen LogP contribution in [0.15, 0.2) is 11.1 Å². The second-order valence-electron chi connectivity index (χ2n) is 7.03. The molecule has 1 aliphatic heterocycles. The topological polar surface area (TPSA) is 98.3 Å². The molecule has 0 saturated carbocycles. The van der Waals surface area contributed by atoms with Gasteiger partial charge in [-0.3, -0.25) is 19.0 Å². The van der Waals surface area contributed by atoms with E-state index in [0.29, 0.717) is 13.0 Å². The summed E-state index contributed by atoms with van der Waals surface area (Å²) in [4.78, 5) is 44.9. The van der Waals surface area contributed by atoms with Crippen molar-refractivity contribution in [3.05, 3.63) is 27.1 Å². The summed E-state index contributed by atoms with van der Waals surface area (Å²) in [5, 5.41) is 0.732. The van der Waals surface area contributed by atoms with Crippen LogP contribution in [0.2, 0.25) is 0 Å². The monoisotopic (exact) mass is 374 g/mol. The highest BCUT2D eigenvalue weighted by Crippen LogP contribution is 2.33. The maximum atomic E-state index is 12.9. The van der Waals surface area contributed by atoms with E-state index in [2.05, 4.69) is 4.98 Å². The number of likely N-dealkylation sites (tertiary alicyclic amines) is 1. The van der Waals surface area contributed by atoms with Gasteiger partial charge in [0.15, 0.2) is 0 Å². The summed E-state index contributed by atoms with van der Waals surface area (Å²) in [6.07, 6.45) is 7.34. The van der Waals surface area contributed by atoms with Crippen LogP contribution in [-0.2, 0) is 29.0 Å². The van der Waals surface area contributed by atoms with Crippen molar-refractivity contribution in [1.82, 2.24) is 14.5 Å². The molecule has 0 unspecified atom stereocenters. The van der Waals surface area contributed by atoms with Crippen molar-refractivity contribution in [1.29, 1.82) is 0 Å². The summed E-state index contributed by atoms with van der Waals surface area (Å²) in [6, 6.07) is -0.510. The van der Waals surface area contributed by atoms with Crippen LogP contribution < -0.4 is 11.3 Å². The Bertz CT molecular complexity index is 932. The quantitative estimate of drug-likeness (QED) is 0.869. The van der Waals surface area contributed by atoms with Gasteiger partial charge in [-0.1, -0.05) is 0 Å². The van der Waals surface area contributed by atoms with Gasteiger partial charge in [-0.2, -0.15) is 0 Å². The third-order valence-electron chi connectivity index (χ3n) is 5.41. The first-order valence-corrected chi connectivity index (χ1v) is 9.96. The molecule has 4 rings (SSSR count). The van der Waals surface area contributed by atoms with Crippen LogP contribution in [0.1, 0.15) is 42.5 Å². The van der Waals surface area contributed by atoms with Crippen molar-refractivity contribution in [2.45, 2.75) is 57.5 Å². The second kappa shape index (κ2) is 6.83. The number of carbonyl (C=O) groups is 2. The van der Waals surface area contributed by atoms with E-state index >= 15 is 0 Å². The molecule has 1 saturated heterocycles. The molecule has 1 fully saturated rings. The van der Waals surface area contributed by atoms with Gasteiger partial charge in [-0.25, -0.2) is 4.98 Å². The fourth-order valence-corrected chi connectivity index (χ4v) is 5.28. The zero-order valence-corrected chi connectivity index (χ0v) is 15.4. The number of fused-ring (bicyclic) bond motifs is 3. The molecule has 1 atom stereocenters. The maximum absolute atomic E-state index is 12.9. The number of amides is 2. The molecule has 2 aromatic rings. The average Bonchev–Trinajstić information content (AvgIpc) is 3.25. The van der Waals surface area contributed by atoms with E-state index in [4.69, 9.17) is 5.73 Å². The van der Waals surface area contributed by atoms with E-state index in [-0.39, 0.29) is 24.4 Å². The van der Waals surface area contributed by atoms with Crippen LogP contribution in [0.5, 0.6) is 0 Å². The number of aryl methyl sites for hydroxylation is 3. The Morgan fingerprint density at radius 3 is 2.88 bits per heavy atom. The highest BCUT2D eigenvalue weighted by atomic mass is 32.1. The first-order valence-electron chi connectivity index (χ1n) is 9.14. The molecule has 0 bridgehead atoms. The maximum Gasteiger partial charge on any atom is 0.262 e. The van der Waals surface area contributed by atoms with E-state index < -0.39 is 11.9 Å². The normalized spacial score (nSPS) is 19.7. The van der Waals surface area contributed by atoms with Gasteiger partial charge in [0.1, 0.15) is 10.9 Å². The zero-order valence-electron chi connectivity index (χ0n) is 14.6. The number of thiophene rings is 1. The lowest BCUT2D eigenvalue weighted by atomic mass is 9.97. The first-order chi connectivity index (χ1) is 12.6. The number of hydrogen-bond donors (Lipinski definition) is 1. The van der Waals surface area contributed by atoms with Crippen LogP contribution in [0.4, 0.5) is 0 Å². The summed E-state index contributed by atoms with van der Waals surface area (Å²) < 4.78 is 1.52. The molecule has 2 aromatic heterocycles. The summed E-state index contributed by atoms with van der Waals surface area (Å²) in [7, 11) is 0. The molecule has 0 spiro atoms. The Labute approximate surface area is 154 Å². The summed E-state index contributed by atoms with van der Waals surface area (Å²) in [5.74, 6) is -0.591. The number of primary amides is 1. The molecule has 2 amide bonds. The Kier molecular flexibility index (Phi) is 4.52. The third kappa shape index (κ3) is 2.92. The number of nitrogens with zero attached hydrogens (tertiary/aromatic N) is 3. The molecule has 8 heteroatoms. The average molecular weight is 374 g/mol.